The molecule has 0 radical (unpaired) electrons. The molecular weight excluding hydrogens is 555 g/mol. The Morgan fingerprint density at radius 3 is 2.46 bits per heavy atom. The Hall–Kier alpha value is -3.38. The van der Waals surface area contributed by atoms with Crippen molar-refractivity contribution in [3.8, 4) is 11.3 Å². The maximum absolute atomic E-state index is 13.7. The van der Waals surface area contributed by atoms with Crippen LogP contribution in [-0.4, -0.2) is 62.4 Å². The molecule has 12 heteroatoms. The number of carboxylic acids is 1. The Bertz CT molecular complexity index is 1420. The van der Waals surface area contributed by atoms with E-state index < -0.39 is 17.7 Å². The van der Waals surface area contributed by atoms with Gasteiger partial charge in [0.25, 0.3) is 0 Å². The van der Waals surface area contributed by atoms with Gasteiger partial charge in [-0.15, -0.1) is 11.3 Å². The summed E-state index contributed by atoms with van der Waals surface area (Å²) < 4.78 is 41.0. The van der Waals surface area contributed by atoms with Gasteiger partial charge in [-0.3, -0.25) is 14.5 Å². The third kappa shape index (κ3) is 6.59. The van der Waals surface area contributed by atoms with Crippen molar-refractivity contribution in [2.75, 3.05) is 24.5 Å². The summed E-state index contributed by atoms with van der Waals surface area (Å²) in [5.74, 6) is -0.844. The molecule has 2 aliphatic heterocycles. The molecule has 0 amide bonds. The number of thiazole rings is 1. The second-order valence-corrected chi connectivity index (χ2v) is 12.0. The van der Waals surface area contributed by atoms with Crippen molar-refractivity contribution in [1.82, 2.24) is 19.9 Å². The number of carboxylic acid groups (broad SMARTS) is 1. The number of aromatic nitrogens is 3. The Balaban J connectivity index is 1.36. The summed E-state index contributed by atoms with van der Waals surface area (Å²) in [7, 11) is 0. The van der Waals surface area contributed by atoms with Crippen molar-refractivity contribution in [2.24, 2.45) is 5.92 Å². The summed E-state index contributed by atoms with van der Waals surface area (Å²) in [4.78, 5) is 42.8. The highest BCUT2D eigenvalue weighted by molar-refractivity contribution is 7.12. The number of benzene rings is 1. The molecule has 1 N–H and O–H groups in total. The van der Waals surface area contributed by atoms with E-state index in [1.165, 1.54) is 36.7 Å². The Kier molecular flexibility index (Phi) is 8.42. The van der Waals surface area contributed by atoms with Crippen molar-refractivity contribution in [3.63, 3.8) is 0 Å². The van der Waals surface area contributed by atoms with Crippen LogP contribution in [0.2, 0.25) is 0 Å². The standard InChI is InChI=1S/C29H32F3N5O3S/c1-17-5-6-20(12-21(17)29(30,31)32)27-24(16-37-9-3-4-18(37)2)41-26(35-27)13-23(38)22-14-34-25(15-33-22)36-10-7-19(8-11-36)28(39)40/h5-6,12,14-15,18-19H,3-4,7-11,13,16H2,1-2H3,(H,39,40). The van der Waals surface area contributed by atoms with Gasteiger partial charge >= 0.3 is 12.1 Å². The average molecular weight is 588 g/mol. The summed E-state index contributed by atoms with van der Waals surface area (Å²) in [6, 6.07) is 4.64. The van der Waals surface area contributed by atoms with E-state index in [9.17, 15) is 27.9 Å². The summed E-state index contributed by atoms with van der Waals surface area (Å²) in [6.07, 6.45) is 1.59. The van der Waals surface area contributed by atoms with E-state index in [1.54, 1.807) is 6.07 Å². The maximum atomic E-state index is 13.7. The number of halogens is 3. The number of aryl methyl sites for hydroxylation is 1. The predicted octanol–water partition coefficient (Wildman–Crippen LogP) is 5.64. The van der Waals surface area contributed by atoms with Crippen LogP contribution in [0.25, 0.3) is 11.3 Å². The molecule has 1 atom stereocenters. The molecule has 41 heavy (non-hydrogen) atoms. The fourth-order valence-corrected chi connectivity index (χ4v) is 6.62. The van der Waals surface area contributed by atoms with Gasteiger partial charge in [-0.25, -0.2) is 15.0 Å². The van der Waals surface area contributed by atoms with E-state index in [1.807, 2.05) is 4.90 Å². The van der Waals surface area contributed by atoms with E-state index in [0.717, 1.165) is 30.3 Å². The number of rotatable bonds is 8. The normalized spacial score (nSPS) is 18.7. The number of nitrogens with zero attached hydrogens (tertiary/aromatic N) is 5. The molecule has 4 heterocycles. The van der Waals surface area contributed by atoms with E-state index in [2.05, 4.69) is 26.8 Å². The molecule has 3 aromatic rings. The molecule has 2 aliphatic rings. The first-order chi connectivity index (χ1) is 19.5. The topological polar surface area (TPSA) is 99.5 Å². The fraction of sp³-hybridized carbons (Fsp3) is 0.483. The second-order valence-electron chi connectivity index (χ2n) is 10.8. The first-order valence-corrected chi connectivity index (χ1v) is 14.5. The highest BCUT2D eigenvalue weighted by Gasteiger charge is 2.33. The van der Waals surface area contributed by atoms with E-state index in [4.69, 9.17) is 0 Å². The van der Waals surface area contributed by atoms with Crippen molar-refractivity contribution in [3.05, 3.63) is 57.3 Å². The lowest BCUT2D eigenvalue weighted by Crippen LogP contribution is -2.36. The largest absolute Gasteiger partial charge is 0.481 e. The lowest BCUT2D eigenvalue weighted by atomic mass is 9.97. The van der Waals surface area contributed by atoms with E-state index in [0.29, 0.717) is 60.6 Å². The van der Waals surface area contributed by atoms with Gasteiger partial charge in [0.15, 0.2) is 5.78 Å². The van der Waals surface area contributed by atoms with Gasteiger partial charge in [0, 0.05) is 36.1 Å². The monoisotopic (exact) mass is 587 g/mol. The maximum Gasteiger partial charge on any atom is 0.416 e. The van der Waals surface area contributed by atoms with Gasteiger partial charge in [0.05, 0.1) is 36.0 Å². The smallest absolute Gasteiger partial charge is 0.416 e. The summed E-state index contributed by atoms with van der Waals surface area (Å²) in [5, 5.41) is 9.72. The molecule has 0 saturated carbocycles. The Morgan fingerprint density at radius 2 is 1.85 bits per heavy atom. The van der Waals surface area contributed by atoms with Gasteiger partial charge in [0.2, 0.25) is 0 Å². The van der Waals surface area contributed by atoms with Crippen LogP contribution in [0.4, 0.5) is 19.0 Å². The Morgan fingerprint density at radius 1 is 1.10 bits per heavy atom. The number of anilines is 1. The molecule has 5 rings (SSSR count). The molecular formula is C29H32F3N5O3S. The van der Waals surface area contributed by atoms with Crippen LogP contribution < -0.4 is 4.90 Å². The van der Waals surface area contributed by atoms with Crippen LogP contribution in [0, 0.1) is 12.8 Å². The fourth-order valence-electron chi connectivity index (χ4n) is 5.51. The summed E-state index contributed by atoms with van der Waals surface area (Å²) in [5.41, 5.74) is 0.498. The second kappa shape index (κ2) is 11.8. The lowest BCUT2D eigenvalue weighted by molar-refractivity contribution is -0.142. The predicted molar refractivity (Wildman–Crippen MR) is 149 cm³/mol. The molecule has 2 fully saturated rings. The first kappa shape index (κ1) is 29.1. The van der Waals surface area contributed by atoms with Crippen LogP contribution in [0.1, 0.15) is 64.1 Å². The average Bonchev–Trinajstić information content (AvgIpc) is 3.53. The zero-order valence-electron chi connectivity index (χ0n) is 22.9. The molecule has 1 aromatic carbocycles. The first-order valence-electron chi connectivity index (χ1n) is 13.7. The highest BCUT2D eigenvalue weighted by Crippen LogP contribution is 2.37. The number of hydrogen-bond donors (Lipinski definition) is 1. The van der Waals surface area contributed by atoms with Crippen LogP contribution in [0.5, 0.6) is 0 Å². The number of carbonyl (C=O) groups excluding carboxylic acids is 1. The third-order valence-electron chi connectivity index (χ3n) is 8.00. The summed E-state index contributed by atoms with van der Waals surface area (Å²) >= 11 is 1.35. The van der Waals surface area contributed by atoms with Gasteiger partial charge in [-0.05, 0) is 57.7 Å². The number of carbonyl (C=O) groups is 2. The van der Waals surface area contributed by atoms with Crippen LogP contribution in [-0.2, 0) is 23.9 Å². The number of aliphatic carboxylic acids is 1. The minimum absolute atomic E-state index is 0.0385. The Labute approximate surface area is 240 Å². The van der Waals surface area contributed by atoms with Crippen LogP contribution in [0.15, 0.2) is 30.6 Å². The number of alkyl halides is 3. The van der Waals surface area contributed by atoms with Gasteiger partial charge in [-0.2, -0.15) is 13.2 Å². The molecule has 0 spiro atoms. The van der Waals surface area contributed by atoms with E-state index in [-0.39, 0.29) is 29.4 Å². The molecule has 8 nitrogen and oxygen atoms in total. The van der Waals surface area contributed by atoms with Gasteiger partial charge < -0.3 is 10.0 Å². The number of ketones is 1. The minimum atomic E-state index is -4.48. The quantitative estimate of drug-likeness (QED) is 0.338. The highest BCUT2D eigenvalue weighted by atomic mass is 32.1. The van der Waals surface area contributed by atoms with Crippen molar-refractivity contribution < 1.29 is 27.9 Å². The van der Waals surface area contributed by atoms with Crippen molar-refractivity contribution in [2.45, 2.75) is 64.7 Å². The van der Waals surface area contributed by atoms with Gasteiger partial charge in [0.1, 0.15) is 16.5 Å². The third-order valence-corrected chi connectivity index (χ3v) is 9.04. The minimum Gasteiger partial charge on any atom is -0.481 e. The van der Waals surface area contributed by atoms with Crippen molar-refractivity contribution >= 4 is 28.9 Å². The zero-order valence-corrected chi connectivity index (χ0v) is 23.8. The lowest BCUT2D eigenvalue weighted by Gasteiger charge is -2.30. The van der Waals surface area contributed by atoms with Crippen molar-refractivity contribution in [1.29, 1.82) is 0 Å². The molecule has 2 saturated heterocycles. The molecule has 0 aliphatic carbocycles. The summed E-state index contributed by atoms with van der Waals surface area (Å²) in [6.45, 7) is 6.15. The number of likely N-dealkylation sites (tertiary alicyclic amines) is 1. The molecule has 1 unspecified atom stereocenters. The van der Waals surface area contributed by atoms with Crippen LogP contribution in [0.3, 0.4) is 0 Å². The number of piperidine rings is 1. The SMILES string of the molecule is Cc1ccc(-c2nc(CC(=O)c3cnc(N4CCC(C(=O)O)CC4)cn3)sc2CN2CCCC2C)cc1C(F)(F)F. The van der Waals surface area contributed by atoms with Crippen LogP contribution >= 0.6 is 11.3 Å². The number of hydrogen-bond acceptors (Lipinski definition) is 8. The zero-order chi connectivity index (χ0) is 29.3. The molecule has 0 bridgehead atoms. The molecule has 218 valence electrons. The molecule has 2 aromatic heterocycles. The van der Waals surface area contributed by atoms with Gasteiger partial charge in [-0.1, -0.05) is 12.1 Å². The van der Waals surface area contributed by atoms with E-state index >= 15 is 0 Å². The number of Topliss-reactive ketones (excluding diaryl/α,β-unsaturated/α-hetero) is 1.